The van der Waals surface area contributed by atoms with E-state index in [1.54, 1.807) is 30.3 Å². The zero-order valence-electron chi connectivity index (χ0n) is 17.2. The zero-order chi connectivity index (χ0) is 23.0. The topological polar surface area (TPSA) is 69.0 Å². The number of ether oxygens (including phenoxy) is 1. The molecule has 0 saturated carbocycles. The number of hydrogen-bond acceptors (Lipinski definition) is 3. The largest absolute Gasteiger partial charge is 0.414 e. The lowest BCUT2D eigenvalue weighted by molar-refractivity contribution is -0.240. The number of nitrogens with one attached hydrogen (secondary N) is 1. The van der Waals surface area contributed by atoms with Crippen molar-refractivity contribution in [1.82, 2.24) is 14.3 Å². The first-order valence-corrected chi connectivity index (χ1v) is 10.5. The predicted molar refractivity (Wildman–Crippen MR) is 115 cm³/mol. The number of allylic oxidation sites excluding steroid dienone is 2. The molecule has 2 heterocycles. The number of rotatable bonds is 5. The van der Waals surface area contributed by atoms with Crippen molar-refractivity contribution in [1.29, 1.82) is 0 Å². The van der Waals surface area contributed by atoms with Crippen LogP contribution in [0, 0.1) is 5.92 Å². The molecule has 3 aromatic rings. The molecule has 2 aromatic heterocycles. The van der Waals surface area contributed by atoms with E-state index in [1.807, 2.05) is 6.08 Å². The van der Waals surface area contributed by atoms with E-state index in [1.165, 1.54) is 17.8 Å². The van der Waals surface area contributed by atoms with Crippen molar-refractivity contribution in [2.75, 3.05) is 0 Å². The first kappa shape index (κ1) is 22.4. The highest BCUT2D eigenvalue weighted by atomic mass is 35.5. The van der Waals surface area contributed by atoms with Crippen LogP contribution >= 0.6 is 11.6 Å². The van der Waals surface area contributed by atoms with Gasteiger partial charge in [-0.15, -0.1) is 0 Å². The van der Waals surface area contributed by atoms with Gasteiger partial charge < -0.3 is 9.30 Å². The fourth-order valence-corrected chi connectivity index (χ4v) is 4.31. The summed E-state index contributed by atoms with van der Waals surface area (Å²) in [5.41, 5.74) is -0.389. The molecule has 1 aliphatic carbocycles. The van der Waals surface area contributed by atoms with Gasteiger partial charge in [-0.25, -0.2) is 4.68 Å². The summed E-state index contributed by atoms with van der Waals surface area (Å²) in [5.74, 6) is -0.720. The van der Waals surface area contributed by atoms with Crippen molar-refractivity contribution in [3.05, 3.63) is 73.9 Å². The van der Waals surface area contributed by atoms with E-state index in [0.29, 0.717) is 23.6 Å². The number of aromatic amines is 1. The highest BCUT2D eigenvalue weighted by Crippen LogP contribution is 2.35. The predicted octanol–water partition coefficient (Wildman–Crippen LogP) is 4.47. The first-order chi connectivity index (χ1) is 15.2. The summed E-state index contributed by atoms with van der Waals surface area (Å²) < 4.78 is 48.9. The fourth-order valence-electron chi connectivity index (χ4n) is 4.09. The molecule has 0 saturated heterocycles. The summed E-state index contributed by atoms with van der Waals surface area (Å²) in [7, 11) is 1.40. The van der Waals surface area contributed by atoms with Gasteiger partial charge >= 0.3 is 6.18 Å². The number of aromatic nitrogens is 3. The van der Waals surface area contributed by atoms with E-state index in [4.69, 9.17) is 16.3 Å². The Morgan fingerprint density at radius 1 is 1.25 bits per heavy atom. The molecule has 1 aliphatic rings. The van der Waals surface area contributed by atoms with Gasteiger partial charge in [0.05, 0.1) is 33.9 Å². The Kier molecular flexibility index (Phi) is 6.05. The van der Waals surface area contributed by atoms with E-state index >= 15 is 0 Å². The molecule has 0 fully saturated rings. The maximum Gasteiger partial charge on any atom is 0.414 e. The second-order valence-corrected chi connectivity index (χ2v) is 8.21. The van der Waals surface area contributed by atoms with Crippen molar-refractivity contribution in [2.24, 2.45) is 13.0 Å². The summed E-state index contributed by atoms with van der Waals surface area (Å²) in [6.07, 6.45) is -1.83. The van der Waals surface area contributed by atoms with Crippen molar-refractivity contribution < 1.29 is 17.9 Å². The van der Waals surface area contributed by atoms with Gasteiger partial charge in [-0.3, -0.25) is 14.7 Å². The molecular weight excluding hydrogens is 447 g/mol. The van der Waals surface area contributed by atoms with Crippen molar-refractivity contribution in [2.45, 2.75) is 38.1 Å². The van der Waals surface area contributed by atoms with Crippen LogP contribution in [0.4, 0.5) is 13.2 Å². The minimum atomic E-state index is -4.57. The summed E-state index contributed by atoms with van der Waals surface area (Å²) in [4.78, 5) is 25.6. The molecule has 0 bridgehead atoms. The van der Waals surface area contributed by atoms with Gasteiger partial charge in [0.25, 0.3) is 11.1 Å². The number of halogens is 4. The Bertz CT molecular complexity index is 1290. The monoisotopic (exact) mass is 467 g/mol. The van der Waals surface area contributed by atoms with Crippen molar-refractivity contribution in [3.63, 3.8) is 0 Å². The molecule has 2 atom stereocenters. The number of H-pyrrole nitrogens is 1. The maximum absolute atomic E-state index is 13.7. The number of alkyl halides is 3. The average Bonchev–Trinajstić information content (AvgIpc) is 3.06. The number of hydrogen-bond donors (Lipinski definition) is 1. The van der Waals surface area contributed by atoms with Gasteiger partial charge in [0, 0.05) is 13.1 Å². The Labute approximate surface area is 185 Å². The lowest BCUT2D eigenvalue weighted by atomic mass is 9.89. The summed E-state index contributed by atoms with van der Waals surface area (Å²) in [6.45, 7) is -0.539. The van der Waals surface area contributed by atoms with Crippen LogP contribution in [0.3, 0.4) is 0 Å². The van der Waals surface area contributed by atoms with Gasteiger partial charge in [-0.05, 0) is 37.3 Å². The molecule has 0 amide bonds. The highest BCUT2D eigenvalue weighted by molar-refractivity contribution is 6.32. The lowest BCUT2D eigenvalue weighted by Gasteiger charge is -2.30. The average molecular weight is 468 g/mol. The van der Waals surface area contributed by atoms with Crippen LogP contribution in [0.15, 0.2) is 52.1 Å². The van der Waals surface area contributed by atoms with E-state index in [-0.39, 0.29) is 23.0 Å². The molecule has 170 valence electrons. The smallest absolute Gasteiger partial charge is 0.362 e. The van der Waals surface area contributed by atoms with Gasteiger partial charge in [-0.1, -0.05) is 35.9 Å². The number of benzene rings is 1. The zero-order valence-corrected chi connectivity index (χ0v) is 17.9. The molecule has 10 heteroatoms. The molecule has 6 nitrogen and oxygen atoms in total. The third kappa shape index (κ3) is 4.14. The SMILES string of the molecule is Cn1c(COC(C2CC=CCC2)C(F)(F)F)c2c(=O)n(-c3ccccc3Cl)[nH]c2cc1=O. The van der Waals surface area contributed by atoms with E-state index in [2.05, 4.69) is 5.10 Å². The van der Waals surface area contributed by atoms with Crippen molar-refractivity contribution in [3.8, 4) is 5.69 Å². The minimum Gasteiger partial charge on any atom is -0.362 e. The molecule has 1 aromatic carbocycles. The molecule has 32 heavy (non-hydrogen) atoms. The quantitative estimate of drug-likeness (QED) is 0.563. The Hall–Kier alpha value is -2.78. The second-order valence-electron chi connectivity index (χ2n) is 7.80. The summed E-state index contributed by atoms with van der Waals surface area (Å²) in [5, 5.41) is 3.21. The number of nitrogens with zero attached hydrogens (tertiary/aromatic N) is 2. The lowest BCUT2D eigenvalue weighted by Crippen LogP contribution is -2.39. The first-order valence-electron chi connectivity index (χ1n) is 10.1. The van der Waals surface area contributed by atoms with Crippen LogP contribution in [0.2, 0.25) is 5.02 Å². The molecule has 0 aliphatic heterocycles. The molecule has 2 unspecified atom stereocenters. The van der Waals surface area contributed by atoms with E-state index in [0.717, 1.165) is 4.57 Å². The standard InChI is InChI=1S/C22H21ClF3N3O3/c1-28-17(12-32-20(22(24,25)26)13-7-3-2-4-8-13)19-15(11-18(28)30)27-29(21(19)31)16-10-6-5-9-14(16)23/h2-3,5-6,9-11,13,20,27H,4,7-8,12H2,1H3. The third-order valence-electron chi connectivity index (χ3n) is 5.76. The van der Waals surface area contributed by atoms with Crippen LogP contribution < -0.4 is 11.1 Å². The summed E-state index contributed by atoms with van der Waals surface area (Å²) in [6, 6.07) is 7.83. The third-order valence-corrected chi connectivity index (χ3v) is 6.08. The second kappa shape index (κ2) is 8.63. The van der Waals surface area contributed by atoms with Crippen LogP contribution in [0.25, 0.3) is 16.6 Å². The van der Waals surface area contributed by atoms with E-state index in [9.17, 15) is 22.8 Å². The van der Waals surface area contributed by atoms with Gasteiger partial charge in [-0.2, -0.15) is 13.2 Å². The van der Waals surface area contributed by atoms with Crippen molar-refractivity contribution >= 4 is 22.5 Å². The normalized spacial score (nSPS) is 17.7. The van der Waals surface area contributed by atoms with Gasteiger partial charge in [0.1, 0.15) is 0 Å². The molecular formula is C22H21ClF3N3O3. The number of pyridine rings is 1. The minimum absolute atomic E-state index is 0.0696. The Morgan fingerprint density at radius 3 is 2.66 bits per heavy atom. The molecule has 0 spiro atoms. The van der Waals surface area contributed by atoms with Crippen LogP contribution in [0.1, 0.15) is 25.0 Å². The van der Waals surface area contributed by atoms with Crippen LogP contribution in [0.5, 0.6) is 0 Å². The highest BCUT2D eigenvalue weighted by Gasteiger charge is 2.45. The van der Waals surface area contributed by atoms with Crippen LogP contribution in [-0.4, -0.2) is 26.6 Å². The number of para-hydroxylation sites is 1. The molecule has 4 rings (SSSR count). The maximum atomic E-state index is 13.7. The van der Waals surface area contributed by atoms with Crippen LogP contribution in [-0.2, 0) is 18.4 Å². The van der Waals surface area contributed by atoms with Gasteiger partial charge in [0.2, 0.25) is 0 Å². The Balaban J connectivity index is 1.77. The van der Waals surface area contributed by atoms with Gasteiger partial charge in [0.15, 0.2) is 6.10 Å². The molecule has 1 N–H and O–H groups in total. The Morgan fingerprint density at radius 2 is 2.00 bits per heavy atom. The molecule has 0 radical (unpaired) electrons. The van der Waals surface area contributed by atoms with E-state index < -0.39 is 35.9 Å². The number of fused-ring (bicyclic) bond motifs is 1. The fraction of sp³-hybridized carbons (Fsp3) is 0.364. The summed E-state index contributed by atoms with van der Waals surface area (Å²) >= 11 is 6.20.